The highest BCUT2D eigenvalue weighted by molar-refractivity contribution is 5.87. The van der Waals surface area contributed by atoms with Crippen LogP contribution in [0.15, 0.2) is 55.0 Å². The molecule has 2 saturated heterocycles. The van der Waals surface area contributed by atoms with E-state index >= 15 is 0 Å². The molecule has 0 unspecified atom stereocenters. The number of anilines is 1. The molecule has 5 aromatic rings. The van der Waals surface area contributed by atoms with Crippen molar-refractivity contribution in [3.8, 4) is 11.5 Å². The second-order valence-electron chi connectivity index (χ2n) is 16.1. The summed E-state index contributed by atoms with van der Waals surface area (Å²) < 4.78 is 32.8. The van der Waals surface area contributed by atoms with Crippen LogP contribution in [-0.2, 0) is 32.6 Å². The Hall–Kier alpha value is -4.23. The number of ether oxygens (including phenoxy) is 5. The van der Waals surface area contributed by atoms with E-state index in [0.717, 1.165) is 76.6 Å². The van der Waals surface area contributed by atoms with Crippen LogP contribution in [0.3, 0.4) is 0 Å². The summed E-state index contributed by atoms with van der Waals surface area (Å²) in [4.78, 5) is 20.2. The van der Waals surface area contributed by atoms with Crippen LogP contribution in [0.5, 0.6) is 11.5 Å². The van der Waals surface area contributed by atoms with E-state index in [1.807, 2.05) is 44.3 Å². The number of fused-ring (bicyclic) bond motifs is 3. The minimum Gasteiger partial charge on any atom is -0.497 e. The molecule has 52 heavy (non-hydrogen) atoms. The molecule has 2 aliphatic heterocycles. The van der Waals surface area contributed by atoms with Gasteiger partial charge in [0.25, 0.3) is 0 Å². The molecule has 1 aliphatic carbocycles. The molecule has 2 aromatic carbocycles. The van der Waals surface area contributed by atoms with E-state index in [1.54, 1.807) is 20.5 Å². The summed E-state index contributed by atoms with van der Waals surface area (Å²) in [6.45, 7) is 12.0. The lowest BCUT2D eigenvalue weighted by atomic mass is 9.77. The molecule has 2 N–H and O–H groups in total. The first-order valence-electron chi connectivity index (χ1n) is 18.4. The highest BCUT2D eigenvalue weighted by Gasteiger charge is 2.56. The van der Waals surface area contributed by atoms with Crippen molar-refractivity contribution < 1.29 is 23.7 Å². The lowest BCUT2D eigenvalue weighted by Gasteiger charge is -2.42. The molecule has 276 valence electrons. The smallest absolute Gasteiger partial charge is 0.164 e. The molecule has 0 bridgehead atoms. The Balaban J connectivity index is 0.928. The molecule has 0 radical (unpaired) electrons. The number of nitrogens with zero attached hydrogens (tertiary/aromatic N) is 5. The van der Waals surface area contributed by atoms with Crippen molar-refractivity contribution in [1.82, 2.24) is 29.4 Å². The van der Waals surface area contributed by atoms with Crippen LogP contribution in [0, 0.1) is 5.92 Å². The van der Waals surface area contributed by atoms with Crippen LogP contribution in [0.4, 0.5) is 5.82 Å². The number of aromatic amines is 1. The van der Waals surface area contributed by atoms with Gasteiger partial charge in [-0.15, -0.1) is 0 Å². The fourth-order valence-electron chi connectivity index (χ4n) is 8.08. The second kappa shape index (κ2) is 13.3. The van der Waals surface area contributed by atoms with Gasteiger partial charge in [-0.3, -0.25) is 0 Å². The Bertz CT molecular complexity index is 2060. The number of nitrogens with one attached hydrogen (secondary N) is 2. The standard InChI is InChI=1S/C40H51N7O5/c1-39(2,3)25-10-12-29-30(18-25)45-33(44-29)17-23-15-26(16-23)46(6)21-32-34-35(52-40(4,5)51-34)38(50-32)47-14-13-28-36(42-22-43-37(28)47)41-20-24-9-11-27(48-7)19-31(24)49-8/h9-14,18-19,22-23,26,32,34-35,38H,15-17,20-21H2,1-8H3,(H,44,45)(H,41,42,43)/t23?,26?,32-,34-,35+,38-/m1/s1. The maximum atomic E-state index is 6.82. The lowest BCUT2D eigenvalue weighted by Crippen LogP contribution is -2.48. The molecule has 4 atom stereocenters. The van der Waals surface area contributed by atoms with Crippen molar-refractivity contribution in [3.05, 3.63) is 71.9 Å². The monoisotopic (exact) mass is 709 g/mol. The first-order valence-corrected chi connectivity index (χ1v) is 18.4. The van der Waals surface area contributed by atoms with Gasteiger partial charge in [-0.1, -0.05) is 26.8 Å². The first-order chi connectivity index (χ1) is 24.9. The third kappa shape index (κ3) is 6.61. The van der Waals surface area contributed by atoms with Crippen LogP contribution in [0.25, 0.3) is 22.1 Å². The molecule has 12 nitrogen and oxygen atoms in total. The average molecular weight is 710 g/mol. The van der Waals surface area contributed by atoms with Gasteiger partial charge >= 0.3 is 0 Å². The number of aromatic nitrogens is 5. The topological polar surface area (TPSA) is 121 Å². The van der Waals surface area contributed by atoms with Gasteiger partial charge in [0, 0.05) is 43.4 Å². The highest BCUT2D eigenvalue weighted by Crippen LogP contribution is 2.45. The minimum absolute atomic E-state index is 0.104. The molecule has 3 aromatic heterocycles. The Morgan fingerprint density at radius 1 is 1.02 bits per heavy atom. The van der Waals surface area contributed by atoms with Gasteiger partial charge < -0.3 is 43.5 Å². The van der Waals surface area contributed by atoms with Crippen LogP contribution < -0.4 is 14.8 Å². The van der Waals surface area contributed by atoms with Gasteiger partial charge in [0.05, 0.1) is 30.6 Å². The summed E-state index contributed by atoms with van der Waals surface area (Å²) in [6.07, 6.45) is 5.79. The number of rotatable bonds is 11. The van der Waals surface area contributed by atoms with Crippen LogP contribution >= 0.6 is 0 Å². The quantitative estimate of drug-likeness (QED) is 0.155. The van der Waals surface area contributed by atoms with Crippen LogP contribution in [0.1, 0.15) is 70.6 Å². The summed E-state index contributed by atoms with van der Waals surface area (Å²) in [5.41, 5.74) is 5.35. The molecular weight excluding hydrogens is 658 g/mol. The third-order valence-corrected chi connectivity index (χ3v) is 11.0. The zero-order valence-electron chi connectivity index (χ0n) is 31.5. The lowest BCUT2D eigenvalue weighted by molar-refractivity contribution is -0.198. The van der Waals surface area contributed by atoms with Crippen molar-refractivity contribution in [3.63, 3.8) is 0 Å². The number of methoxy groups -OCH3 is 2. The first kappa shape index (κ1) is 34.8. The summed E-state index contributed by atoms with van der Waals surface area (Å²) >= 11 is 0. The van der Waals surface area contributed by atoms with E-state index in [1.165, 1.54) is 5.56 Å². The minimum atomic E-state index is -0.710. The summed E-state index contributed by atoms with van der Waals surface area (Å²) in [6, 6.07) is 14.9. The number of hydrogen-bond donors (Lipinski definition) is 2. The van der Waals surface area contributed by atoms with Crippen molar-refractivity contribution in [2.45, 2.75) is 102 Å². The van der Waals surface area contributed by atoms with Crippen molar-refractivity contribution in [2.75, 3.05) is 33.1 Å². The Labute approximate surface area is 305 Å². The number of imidazole rings is 1. The van der Waals surface area contributed by atoms with Crippen molar-refractivity contribution in [1.29, 1.82) is 0 Å². The predicted octanol–water partition coefficient (Wildman–Crippen LogP) is 6.61. The largest absolute Gasteiger partial charge is 0.497 e. The number of H-pyrrole nitrogens is 1. The number of benzene rings is 2. The fourth-order valence-corrected chi connectivity index (χ4v) is 8.08. The van der Waals surface area contributed by atoms with E-state index in [9.17, 15) is 0 Å². The molecule has 1 saturated carbocycles. The normalized spacial score (nSPS) is 25.5. The molecule has 3 aliphatic rings. The van der Waals surface area contributed by atoms with Crippen molar-refractivity contribution in [2.24, 2.45) is 5.92 Å². The number of hydrogen-bond acceptors (Lipinski definition) is 10. The molecule has 8 rings (SSSR count). The molecule has 3 fully saturated rings. The van der Waals surface area contributed by atoms with Gasteiger partial charge in [0.15, 0.2) is 12.0 Å². The van der Waals surface area contributed by atoms with Crippen LogP contribution in [0.2, 0.25) is 0 Å². The van der Waals surface area contributed by atoms with Gasteiger partial charge in [0.2, 0.25) is 0 Å². The zero-order valence-corrected chi connectivity index (χ0v) is 31.5. The Morgan fingerprint density at radius 3 is 2.60 bits per heavy atom. The van der Waals surface area contributed by atoms with E-state index in [0.29, 0.717) is 18.5 Å². The fraction of sp³-hybridized carbons (Fsp3) is 0.525. The number of likely N-dealkylation sites (N-methyl/N-ethyl adjacent to an activating group) is 1. The molecule has 5 heterocycles. The second-order valence-corrected chi connectivity index (χ2v) is 16.1. The molecule has 12 heteroatoms. The molecular formula is C40H51N7O5. The summed E-state index contributed by atoms with van der Waals surface area (Å²) in [7, 11) is 5.51. The maximum absolute atomic E-state index is 6.82. The van der Waals surface area contributed by atoms with Gasteiger partial charge in [-0.2, -0.15) is 0 Å². The maximum Gasteiger partial charge on any atom is 0.164 e. The summed E-state index contributed by atoms with van der Waals surface area (Å²) in [5.74, 6) is 3.19. The van der Waals surface area contributed by atoms with E-state index in [2.05, 4.69) is 70.8 Å². The SMILES string of the molecule is COc1ccc(CNc2ncnc3c2ccn3[C@@H]2O[C@H](CN(C)C3CC(Cc4nc5cc(C(C)(C)C)ccc5[nH]4)C3)[C@H]3OC(C)(C)O[C@@H]32)c(OC)c1. The van der Waals surface area contributed by atoms with Gasteiger partial charge in [-0.05, 0) is 81.0 Å². The van der Waals surface area contributed by atoms with Crippen molar-refractivity contribution >= 4 is 27.9 Å². The molecule has 0 amide bonds. The van der Waals surface area contributed by atoms with Gasteiger partial charge in [0.1, 0.15) is 53.4 Å². The average Bonchev–Trinajstić information content (AvgIpc) is 3.86. The Morgan fingerprint density at radius 2 is 1.83 bits per heavy atom. The predicted molar refractivity (Wildman–Crippen MR) is 200 cm³/mol. The van der Waals surface area contributed by atoms with Gasteiger partial charge in [-0.25, -0.2) is 15.0 Å². The zero-order chi connectivity index (χ0) is 36.4. The third-order valence-electron chi connectivity index (χ3n) is 11.0. The van der Waals surface area contributed by atoms with E-state index in [-0.39, 0.29) is 23.7 Å². The van der Waals surface area contributed by atoms with Crippen LogP contribution in [-0.4, -0.2) is 87.4 Å². The highest BCUT2D eigenvalue weighted by atomic mass is 16.8. The Kier molecular flexibility index (Phi) is 8.92. The summed E-state index contributed by atoms with van der Waals surface area (Å²) in [5, 5.41) is 4.37. The van der Waals surface area contributed by atoms with E-state index < -0.39 is 12.0 Å². The van der Waals surface area contributed by atoms with E-state index in [4.69, 9.17) is 33.7 Å². The molecule has 0 spiro atoms.